The molecule has 0 aliphatic carbocycles. The zero-order valence-corrected chi connectivity index (χ0v) is 13.8. The molecule has 0 fully saturated rings. The summed E-state index contributed by atoms with van der Waals surface area (Å²) < 4.78 is 5.18. The Hall–Kier alpha value is -2.56. The Kier molecular flexibility index (Phi) is 5.97. The van der Waals surface area contributed by atoms with Crippen molar-refractivity contribution >= 4 is 11.7 Å². The highest BCUT2D eigenvalue weighted by Gasteiger charge is 2.22. The number of amides is 2. The standard InChI is InChI=1S/C18H23N3O2/c1-4-8-17(16-11-5-6-12-19-16)21(2)18(22)20-14-9-7-10-15(13-14)23-3/h5-7,9-13,17H,4,8H2,1-3H3,(H,20,22)/t17-/m0/s1. The molecule has 1 aromatic carbocycles. The maximum atomic E-state index is 12.5. The molecule has 0 aliphatic rings. The van der Waals surface area contributed by atoms with E-state index in [1.165, 1.54) is 0 Å². The van der Waals surface area contributed by atoms with Gasteiger partial charge in [-0.05, 0) is 30.7 Å². The summed E-state index contributed by atoms with van der Waals surface area (Å²) in [5.41, 5.74) is 1.61. The number of aromatic nitrogens is 1. The lowest BCUT2D eigenvalue weighted by molar-refractivity contribution is 0.199. The SMILES string of the molecule is CCC[C@@H](c1ccccn1)N(C)C(=O)Nc1cccc(OC)c1. The molecule has 2 rings (SSSR count). The van der Waals surface area contributed by atoms with E-state index in [0.29, 0.717) is 11.4 Å². The van der Waals surface area contributed by atoms with E-state index in [-0.39, 0.29) is 12.1 Å². The summed E-state index contributed by atoms with van der Waals surface area (Å²) >= 11 is 0. The first-order valence-electron chi connectivity index (χ1n) is 7.74. The van der Waals surface area contributed by atoms with Gasteiger partial charge in [0.25, 0.3) is 0 Å². The number of anilines is 1. The summed E-state index contributed by atoms with van der Waals surface area (Å²) in [4.78, 5) is 18.6. The largest absolute Gasteiger partial charge is 0.497 e. The second-order valence-corrected chi connectivity index (χ2v) is 5.33. The van der Waals surface area contributed by atoms with Crippen LogP contribution in [0.25, 0.3) is 0 Å². The summed E-state index contributed by atoms with van der Waals surface area (Å²) in [7, 11) is 3.40. The molecule has 5 heteroatoms. The molecule has 0 spiro atoms. The van der Waals surface area contributed by atoms with E-state index in [0.717, 1.165) is 18.5 Å². The van der Waals surface area contributed by atoms with Gasteiger partial charge in [0.15, 0.2) is 0 Å². The third-order valence-electron chi connectivity index (χ3n) is 3.70. The molecule has 0 bridgehead atoms. The van der Waals surface area contributed by atoms with Gasteiger partial charge in [0.2, 0.25) is 0 Å². The van der Waals surface area contributed by atoms with Crippen molar-refractivity contribution in [2.45, 2.75) is 25.8 Å². The van der Waals surface area contributed by atoms with Gasteiger partial charge in [-0.1, -0.05) is 25.5 Å². The quantitative estimate of drug-likeness (QED) is 0.873. The minimum Gasteiger partial charge on any atom is -0.497 e. The average molecular weight is 313 g/mol. The second kappa shape index (κ2) is 8.17. The topological polar surface area (TPSA) is 54.5 Å². The van der Waals surface area contributed by atoms with Crippen molar-refractivity contribution in [3.63, 3.8) is 0 Å². The van der Waals surface area contributed by atoms with E-state index >= 15 is 0 Å². The van der Waals surface area contributed by atoms with E-state index in [9.17, 15) is 4.79 Å². The molecule has 23 heavy (non-hydrogen) atoms. The fourth-order valence-corrected chi connectivity index (χ4v) is 2.44. The van der Waals surface area contributed by atoms with Gasteiger partial charge < -0.3 is 15.0 Å². The van der Waals surface area contributed by atoms with E-state index in [1.54, 1.807) is 31.3 Å². The number of nitrogens with zero attached hydrogens (tertiary/aromatic N) is 2. The average Bonchev–Trinajstić information content (AvgIpc) is 2.60. The Morgan fingerprint density at radius 3 is 2.78 bits per heavy atom. The zero-order chi connectivity index (χ0) is 16.7. The summed E-state index contributed by atoms with van der Waals surface area (Å²) in [6.45, 7) is 2.10. The lowest BCUT2D eigenvalue weighted by atomic mass is 10.1. The number of benzene rings is 1. The Bertz CT molecular complexity index is 631. The van der Waals surface area contributed by atoms with Gasteiger partial charge in [-0.25, -0.2) is 4.79 Å². The van der Waals surface area contributed by atoms with E-state index in [1.807, 2.05) is 36.4 Å². The lowest BCUT2D eigenvalue weighted by Gasteiger charge is -2.27. The highest BCUT2D eigenvalue weighted by Crippen LogP contribution is 2.24. The van der Waals surface area contributed by atoms with Gasteiger partial charge in [-0.2, -0.15) is 0 Å². The molecule has 0 saturated heterocycles. The van der Waals surface area contributed by atoms with Gasteiger partial charge in [-0.3, -0.25) is 4.98 Å². The zero-order valence-electron chi connectivity index (χ0n) is 13.8. The van der Waals surface area contributed by atoms with E-state index in [4.69, 9.17) is 4.74 Å². The minimum absolute atomic E-state index is 0.0493. The molecular formula is C18H23N3O2. The normalized spacial score (nSPS) is 11.6. The Morgan fingerprint density at radius 1 is 1.30 bits per heavy atom. The molecular weight excluding hydrogens is 290 g/mol. The predicted octanol–water partition coefficient (Wildman–Crippen LogP) is 4.10. The number of hydrogen-bond donors (Lipinski definition) is 1. The monoisotopic (exact) mass is 313 g/mol. The van der Waals surface area contributed by atoms with Gasteiger partial charge in [0, 0.05) is 25.0 Å². The van der Waals surface area contributed by atoms with Crippen molar-refractivity contribution in [1.82, 2.24) is 9.88 Å². The molecule has 1 atom stereocenters. The van der Waals surface area contributed by atoms with Gasteiger partial charge >= 0.3 is 6.03 Å². The predicted molar refractivity (Wildman–Crippen MR) is 91.7 cm³/mol. The third kappa shape index (κ3) is 4.45. The number of carbonyl (C=O) groups excluding carboxylic acids is 1. The van der Waals surface area contributed by atoms with Crippen LogP contribution in [0.2, 0.25) is 0 Å². The van der Waals surface area contributed by atoms with Crippen LogP contribution in [0.3, 0.4) is 0 Å². The van der Waals surface area contributed by atoms with Crippen molar-refractivity contribution in [1.29, 1.82) is 0 Å². The van der Waals surface area contributed by atoms with Crippen molar-refractivity contribution in [2.24, 2.45) is 0 Å². The molecule has 2 aromatic rings. The first-order valence-corrected chi connectivity index (χ1v) is 7.74. The highest BCUT2D eigenvalue weighted by atomic mass is 16.5. The van der Waals surface area contributed by atoms with E-state index in [2.05, 4.69) is 17.2 Å². The molecule has 0 aliphatic heterocycles. The van der Waals surface area contributed by atoms with Crippen LogP contribution in [0.1, 0.15) is 31.5 Å². The molecule has 1 aromatic heterocycles. The first kappa shape index (κ1) is 16.8. The van der Waals surface area contributed by atoms with Crippen LogP contribution in [-0.2, 0) is 0 Å². The van der Waals surface area contributed by atoms with E-state index < -0.39 is 0 Å². The second-order valence-electron chi connectivity index (χ2n) is 5.33. The minimum atomic E-state index is -0.164. The summed E-state index contributed by atoms with van der Waals surface area (Å²) in [5, 5.41) is 2.90. The first-order chi connectivity index (χ1) is 11.2. The summed E-state index contributed by atoms with van der Waals surface area (Å²) in [5.74, 6) is 0.709. The van der Waals surface area contributed by atoms with Crippen molar-refractivity contribution in [2.75, 3.05) is 19.5 Å². The van der Waals surface area contributed by atoms with Crippen LogP contribution in [0.4, 0.5) is 10.5 Å². The van der Waals surface area contributed by atoms with Crippen molar-refractivity contribution in [3.8, 4) is 5.75 Å². The number of methoxy groups -OCH3 is 1. The van der Waals surface area contributed by atoms with Gasteiger partial charge in [-0.15, -0.1) is 0 Å². The molecule has 0 saturated carbocycles. The Balaban J connectivity index is 2.12. The van der Waals surface area contributed by atoms with Crippen molar-refractivity contribution < 1.29 is 9.53 Å². The van der Waals surface area contributed by atoms with Crippen LogP contribution in [0.5, 0.6) is 5.75 Å². The number of ether oxygens (including phenoxy) is 1. The fraction of sp³-hybridized carbons (Fsp3) is 0.333. The number of urea groups is 1. The molecule has 1 heterocycles. The Morgan fingerprint density at radius 2 is 2.13 bits per heavy atom. The van der Waals surface area contributed by atoms with Crippen LogP contribution in [0, 0.1) is 0 Å². The van der Waals surface area contributed by atoms with Gasteiger partial charge in [0.1, 0.15) is 5.75 Å². The molecule has 2 amide bonds. The smallest absolute Gasteiger partial charge is 0.322 e. The number of nitrogens with one attached hydrogen (secondary N) is 1. The van der Waals surface area contributed by atoms with Crippen molar-refractivity contribution in [3.05, 3.63) is 54.4 Å². The number of carbonyl (C=O) groups is 1. The van der Waals surface area contributed by atoms with Crippen LogP contribution in [0.15, 0.2) is 48.7 Å². The van der Waals surface area contributed by atoms with Crippen LogP contribution >= 0.6 is 0 Å². The van der Waals surface area contributed by atoms with Crippen LogP contribution in [-0.4, -0.2) is 30.1 Å². The van der Waals surface area contributed by atoms with Gasteiger partial charge in [0.05, 0.1) is 18.8 Å². The molecule has 5 nitrogen and oxygen atoms in total. The van der Waals surface area contributed by atoms with Crippen LogP contribution < -0.4 is 10.1 Å². The molecule has 0 radical (unpaired) electrons. The maximum absolute atomic E-state index is 12.5. The highest BCUT2D eigenvalue weighted by molar-refractivity contribution is 5.89. The Labute approximate surface area is 137 Å². The summed E-state index contributed by atoms with van der Waals surface area (Å²) in [6.07, 6.45) is 3.59. The lowest BCUT2D eigenvalue weighted by Crippen LogP contribution is -2.35. The number of rotatable bonds is 6. The fourth-order valence-electron chi connectivity index (χ4n) is 2.44. The molecule has 1 N–H and O–H groups in total. The molecule has 0 unspecified atom stereocenters. The third-order valence-corrected chi connectivity index (χ3v) is 3.70. The number of pyridine rings is 1. The molecule has 122 valence electrons. The summed E-state index contributed by atoms with van der Waals surface area (Å²) in [6, 6.07) is 12.9. The maximum Gasteiger partial charge on any atom is 0.322 e. The number of hydrogen-bond acceptors (Lipinski definition) is 3.